The summed E-state index contributed by atoms with van der Waals surface area (Å²) in [6.45, 7) is 1.67. The molecule has 2 aromatic rings. The number of rotatable bonds is 4. The highest BCUT2D eigenvalue weighted by atomic mass is 79.9. The van der Waals surface area contributed by atoms with Gasteiger partial charge in [-0.05, 0) is 51.7 Å². The van der Waals surface area contributed by atoms with Crippen LogP contribution >= 0.6 is 15.9 Å². The van der Waals surface area contributed by atoms with Gasteiger partial charge < -0.3 is 16.0 Å². The predicted molar refractivity (Wildman–Crippen MR) is 93.0 cm³/mol. The Hall–Kier alpha value is -1.52. The number of hydrogen-bond donors (Lipinski definition) is 2. The molecule has 3 nitrogen and oxygen atoms in total. The van der Waals surface area contributed by atoms with E-state index in [-0.39, 0.29) is 6.04 Å². The van der Waals surface area contributed by atoms with Crippen molar-refractivity contribution in [3.05, 3.63) is 58.1 Å². The summed E-state index contributed by atoms with van der Waals surface area (Å²) in [5, 5.41) is 3.53. The van der Waals surface area contributed by atoms with Crippen LogP contribution in [0.1, 0.15) is 17.2 Å². The molecule has 4 heteroatoms. The topological polar surface area (TPSA) is 41.3 Å². The van der Waals surface area contributed by atoms with E-state index in [1.54, 1.807) is 0 Å². The molecule has 0 aliphatic carbocycles. The van der Waals surface area contributed by atoms with Crippen LogP contribution in [0.15, 0.2) is 46.9 Å². The zero-order chi connectivity index (χ0) is 14.8. The second kappa shape index (κ2) is 6.08. The van der Waals surface area contributed by atoms with Gasteiger partial charge in [-0.3, -0.25) is 0 Å². The number of halogens is 1. The molecule has 0 saturated carbocycles. The van der Waals surface area contributed by atoms with Crippen molar-refractivity contribution >= 4 is 27.3 Å². The van der Waals surface area contributed by atoms with Crippen molar-refractivity contribution in [1.29, 1.82) is 0 Å². The Morgan fingerprint density at radius 3 is 2.86 bits per heavy atom. The van der Waals surface area contributed by atoms with Gasteiger partial charge in [0.05, 0.1) is 6.04 Å². The molecule has 1 aliphatic heterocycles. The molecular formula is C17H20BrN3. The van der Waals surface area contributed by atoms with Crippen molar-refractivity contribution in [2.45, 2.75) is 12.5 Å². The molecule has 2 aromatic carbocycles. The number of fused-ring (bicyclic) bond motifs is 1. The first-order valence-corrected chi connectivity index (χ1v) is 8.03. The van der Waals surface area contributed by atoms with Gasteiger partial charge in [-0.15, -0.1) is 0 Å². The Kier molecular flexibility index (Phi) is 4.17. The largest absolute Gasteiger partial charge is 0.376 e. The van der Waals surface area contributed by atoms with Gasteiger partial charge >= 0.3 is 0 Å². The summed E-state index contributed by atoms with van der Waals surface area (Å²) in [6, 6.07) is 14.9. The van der Waals surface area contributed by atoms with Crippen molar-refractivity contribution in [2.24, 2.45) is 5.73 Å². The monoisotopic (exact) mass is 345 g/mol. The van der Waals surface area contributed by atoms with Crippen LogP contribution < -0.4 is 16.0 Å². The molecule has 1 unspecified atom stereocenters. The Morgan fingerprint density at radius 2 is 2.10 bits per heavy atom. The highest BCUT2D eigenvalue weighted by Gasteiger charge is 2.18. The van der Waals surface area contributed by atoms with E-state index in [9.17, 15) is 0 Å². The van der Waals surface area contributed by atoms with Crippen LogP contribution in [0.4, 0.5) is 11.4 Å². The van der Waals surface area contributed by atoms with E-state index in [1.165, 1.54) is 16.8 Å². The predicted octanol–water partition coefficient (Wildman–Crippen LogP) is 3.55. The fourth-order valence-electron chi connectivity index (χ4n) is 2.85. The molecule has 0 radical (unpaired) electrons. The number of nitrogens with one attached hydrogen (secondary N) is 1. The Morgan fingerprint density at radius 1 is 1.29 bits per heavy atom. The van der Waals surface area contributed by atoms with E-state index in [4.69, 9.17) is 5.73 Å². The van der Waals surface area contributed by atoms with Crippen molar-refractivity contribution in [1.82, 2.24) is 0 Å². The third kappa shape index (κ3) is 2.92. The molecule has 3 N–H and O–H groups in total. The van der Waals surface area contributed by atoms with Crippen molar-refractivity contribution in [3.8, 4) is 0 Å². The van der Waals surface area contributed by atoms with E-state index in [1.807, 2.05) is 18.2 Å². The van der Waals surface area contributed by atoms with Crippen LogP contribution in [-0.4, -0.2) is 20.1 Å². The Labute approximate surface area is 134 Å². The lowest BCUT2D eigenvalue weighted by atomic mass is 10.0. The maximum absolute atomic E-state index is 5.99. The van der Waals surface area contributed by atoms with Crippen LogP contribution in [0, 0.1) is 0 Å². The van der Waals surface area contributed by atoms with Crippen molar-refractivity contribution in [3.63, 3.8) is 0 Å². The molecule has 110 valence electrons. The zero-order valence-electron chi connectivity index (χ0n) is 12.1. The maximum atomic E-state index is 5.99. The third-order valence-electron chi connectivity index (χ3n) is 4.07. The van der Waals surface area contributed by atoms with E-state index < -0.39 is 0 Å². The second-order valence-corrected chi connectivity index (χ2v) is 6.33. The summed E-state index contributed by atoms with van der Waals surface area (Å²) in [5.74, 6) is 0. The SMILES string of the molecule is CN1CCc2cc(C(CN)Nc3ccccc3Br)ccc21. The molecular weight excluding hydrogens is 326 g/mol. The van der Waals surface area contributed by atoms with Crippen LogP contribution in [0.25, 0.3) is 0 Å². The summed E-state index contributed by atoms with van der Waals surface area (Å²) >= 11 is 3.57. The molecule has 1 atom stereocenters. The quantitative estimate of drug-likeness (QED) is 0.890. The van der Waals surface area contributed by atoms with Crippen LogP contribution in [0.5, 0.6) is 0 Å². The van der Waals surface area contributed by atoms with Crippen molar-refractivity contribution < 1.29 is 0 Å². The summed E-state index contributed by atoms with van der Waals surface area (Å²) in [5.41, 5.74) is 11.1. The third-order valence-corrected chi connectivity index (χ3v) is 4.76. The first kappa shape index (κ1) is 14.4. The molecule has 0 saturated heterocycles. The maximum Gasteiger partial charge on any atom is 0.0636 e. The molecule has 21 heavy (non-hydrogen) atoms. The van der Waals surface area contributed by atoms with Gasteiger partial charge in [-0.1, -0.05) is 24.3 Å². The van der Waals surface area contributed by atoms with Gasteiger partial charge in [0.15, 0.2) is 0 Å². The molecule has 0 amide bonds. The molecule has 0 aromatic heterocycles. The number of benzene rings is 2. The summed E-state index contributed by atoms with van der Waals surface area (Å²) in [4.78, 5) is 2.30. The molecule has 0 fully saturated rings. The number of para-hydroxylation sites is 1. The minimum atomic E-state index is 0.125. The molecule has 1 aliphatic rings. The number of nitrogens with two attached hydrogens (primary N) is 1. The van der Waals surface area contributed by atoms with Gasteiger partial charge in [0.2, 0.25) is 0 Å². The minimum absolute atomic E-state index is 0.125. The lowest BCUT2D eigenvalue weighted by molar-refractivity contribution is 0.788. The van der Waals surface area contributed by atoms with E-state index >= 15 is 0 Å². The Balaban J connectivity index is 1.86. The first-order valence-electron chi connectivity index (χ1n) is 7.24. The summed E-state index contributed by atoms with van der Waals surface area (Å²) in [6.07, 6.45) is 1.12. The zero-order valence-corrected chi connectivity index (χ0v) is 13.7. The minimum Gasteiger partial charge on any atom is -0.376 e. The average Bonchev–Trinajstić information content (AvgIpc) is 2.87. The van der Waals surface area contributed by atoms with E-state index in [2.05, 4.69) is 57.5 Å². The molecule has 3 rings (SSSR count). The normalized spacial score (nSPS) is 14.9. The molecule has 1 heterocycles. The van der Waals surface area contributed by atoms with Gasteiger partial charge in [0, 0.05) is 36.0 Å². The number of hydrogen-bond acceptors (Lipinski definition) is 3. The highest BCUT2D eigenvalue weighted by Crippen LogP contribution is 2.31. The number of anilines is 2. The van der Waals surface area contributed by atoms with E-state index in [0.29, 0.717) is 6.54 Å². The summed E-state index contributed by atoms with van der Waals surface area (Å²) in [7, 11) is 2.14. The fourth-order valence-corrected chi connectivity index (χ4v) is 3.25. The van der Waals surface area contributed by atoms with Gasteiger partial charge in [0.25, 0.3) is 0 Å². The molecule has 0 spiro atoms. The lowest BCUT2D eigenvalue weighted by Gasteiger charge is -2.21. The second-order valence-electron chi connectivity index (χ2n) is 5.47. The van der Waals surface area contributed by atoms with E-state index in [0.717, 1.165) is 23.1 Å². The number of likely N-dealkylation sites (N-methyl/N-ethyl adjacent to an activating group) is 1. The van der Waals surface area contributed by atoms with Gasteiger partial charge in [0.1, 0.15) is 0 Å². The molecule has 0 bridgehead atoms. The fraction of sp³-hybridized carbons (Fsp3) is 0.294. The highest BCUT2D eigenvalue weighted by molar-refractivity contribution is 9.10. The van der Waals surface area contributed by atoms with Gasteiger partial charge in [-0.2, -0.15) is 0 Å². The summed E-state index contributed by atoms with van der Waals surface area (Å²) < 4.78 is 1.06. The van der Waals surface area contributed by atoms with Crippen LogP contribution in [-0.2, 0) is 6.42 Å². The standard InChI is InChI=1S/C17H20BrN3/c1-21-9-8-13-10-12(6-7-17(13)21)16(11-19)20-15-5-3-2-4-14(15)18/h2-7,10,16,20H,8-9,11,19H2,1H3. The Bertz CT molecular complexity index is 642. The number of nitrogens with zero attached hydrogens (tertiary/aromatic N) is 1. The smallest absolute Gasteiger partial charge is 0.0636 e. The lowest BCUT2D eigenvalue weighted by Crippen LogP contribution is -2.21. The van der Waals surface area contributed by atoms with Gasteiger partial charge in [-0.25, -0.2) is 0 Å². The van der Waals surface area contributed by atoms with Crippen molar-refractivity contribution in [2.75, 3.05) is 30.4 Å². The van der Waals surface area contributed by atoms with Crippen LogP contribution in [0.2, 0.25) is 0 Å². The van der Waals surface area contributed by atoms with Crippen LogP contribution in [0.3, 0.4) is 0 Å². The average molecular weight is 346 g/mol. The first-order chi connectivity index (χ1) is 10.2.